The van der Waals surface area contributed by atoms with E-state index in [1.807, 2.05) is 28.8 Å². The van der Waals surface area contributed by atoms with Crippen molar-refractivity contribution in [2.75, 3.05) is 13.1 Å². The molecule has 2 aromatic heterocycles. The number of fused-ring (bicyclic) bond motifs is 1. The minimum atomic E-state index is -0.614. The lowest BCUT2D eigenvalue weighted by molar-refractivity contribution is -0.131. The van der Waals surface area contributed by atoms with Gasteiger partial charge in [-0.15, -0.1) is 10.2 Å². The molecule has 1 fully saturated rings. The molecule has 1 saturated heterocycles. The van der Waals surface area contributed by atoms with E-state index in [4.69, 9.17) is 0 Å². The number of nitrogens with zero attached hydrogens (tertiary/aromatic N) is 4. The number of benzene rings is 1. The standard InChI is InChI=1S/C19H18FN5O2/c20-14-7-2-1-6-13(14)19(27)21-12-17(26)24-11-5-8-15(24)18-23-22-16-9-3-4-10-25(16)18/h1-4,6-7,9-10,15H,5,8,11-12H2,(H,21,27). The maximum atomic E-state index is 13.7. The molecule has 3 heterocycles. The number of hydrogen-bond acceptors (Lipinski definition) is 4. The molecule has 1 N–H and O–H groups in total. The zero-order valence-electron chi connectivity index (χ0n) is 14.5. The Labute approximate surface area is 154 Å². The average Bonchev–Trinajstić information content (AvgIpc) is 3.32. The number of likely N-dealkylation sites (tertiary alicyclic amines) is 1. The number of hydrogen-bond donors (Lipinski definition) is 1. The molecule has 27 heavy (non-hydrogen) atoms. The number of carbonyl (C=O) groups is 2. The van der Waals surface area contributed by atoms with E-state index in [2.05, 4.69) is 15.5 Å². The summed E-state index contributed by atoms with van der Waals surface area (Å²) >= 11 is 0. The van der Waals surface area contributed by atoms with Gasteiger partial charge in [0, 0.05) is 12.7 Å². The van der Waals surface area contributed by atoms with E-state index in [0.29, 0.717) is 12.4 Å². The molecule has 0 saturated carbocycles. The maximum absolute atomic E-state index is 13.7. The van der Waals surface area contributed by atoms with Crippen LogP contribution in [0.1, 0.15) is 35.1 Å². The molecule has 1 unspecified atom stereocenters. The van der Waals surface area contributed by atoms with Crippen molar-refractivity contribution in [3.8, 4) is 0 Å². The monoisotopic (exact) mass is 367 g/mol. The number of rotatable bonds is 4. The van der Waals surface area contributed by atoms with E-state index in [9.17, 15) is 14.0 Å². The van der Waals surface area contributed by atoms with Gasteiger partial charge < -0.3 is 10.2 Å². The average molecular weight is 367 g/mol. The largest absolute Gasteiger partial charge is 0.343 e. The summed E-state index contributed by atoms with van der Waals surface area (Å²) in [7, 11) is 0. The summed E-state index contributed by atoms with van der Waals surface area (Å²) in [6.45, 7) is 0.390. The Morgan fingerprint density at radius 1 is 1.15 bits per heavy atom. The van der Waals surface area contributed by atoms with Crippen LogP contribution in [0.5, 0.6) is 0 Å². The normalized spacial score (nSPS) is 16.6. The first-order chi connectivity index (χ1) is 13.1. The van der Waals surface area contributed by atoms with E-state index in [0.717, 1.165) is 18.5 Å². The Balaban J connectivity index is 1.47. The topological polar surface area (TPSA) is 79.6 Å². The van der Waals surface area contributed by atoms with Gasteiger partial charge in [0.05, 0.1) is 18.2 Å². The lowest BCUT2D eigenvalue weighted by atomic mass is 10.2. The van der Waals surface area contributed by atoms with Crippen LogP contribution in [0.15, 0.2) is 48.7 Å². The second-order valence-electron chi connectivity index (χ2n) is 6.39. The summed E-state index contributed by atoms with van der Waals surface area (Å²) in [4.78, 5) is 26.5. The highest BCUT2D eigenvalue weighted by atomic mass is 19.1. The fourth-order valence-electron chi connectivity index (χ4n) is 3.42. The molecule has 8 heteroatoms. The first kappa shape index (κ1) is 17.1. The smallest absolute Gasteiger partial charge is 0.254 e. The highest BCUT2D eigenvalue weighted by Gasteiger charge is 2.33. The number of pyridine rings is 1. The third-order valence-corrected chi connectivity index (χ3v) is 4.73. The molecule has 0 bridgehead atoms. The number of aromatic nitrogens is 3. The van der Waals surface area contributed by atoms with E-state index < -0.39 is 11.7 Å². The van der Waals surface area contributed by atoms with Crippen molar-refractivity contribution in [1.82, 2.24) is 24.8 Å². The van der Waals surface area contributed by atoms with E-state index in [1.54, 1.807) is 11.0 Å². The van der Waals surface area contributed by atoms with Gasteiger partial charge in [0.1, 0.15) is 5.82 Å². The molecule has 0 spiro atoms. The first-order valence-corrected chi connectivity index (χ1v) is 8.77. The van der Waals surface area contributed by atoms with Gasteiger partial charge >= 0.3 is 0 Å². The fraction of sp³-hybridized carbons (Fsp3) is 0.263. The highest BCUT2D eigenvalue weighted by molar-refractivity contribution is 5.96. The zero-order chi connectivity index (χ0) is 18.8. The van der Waals surface area contributed by atoms with Crippen LogP contribution in [0.4, 0.5) is 4.39 Å². The van der Waals surface area contributed by atoms with Gasteiger partial charge in [0.25, 0.3) is 5.91 Å². The molecule has 1 atom stereocenters. The summed E-state index contributed by atoms with van der Waals surface area (Å²) < 4.78 is 15.6. The SMILES string of the molecule is O=C(NCC(=O)N1CCCC1c1nnc2ccccn12)c1ccccc1F. The van der Waals surface area contributed by atoms with Gasteiger partial charge in [0.2, 0.25) is 5.91 Å². The second kappa shape index (κ2) is 7.14. The molecule has 3 aromatic rings. The van der Waals surface area contributed by atoms with Crippen LogP contribution in [0.3, 0.4) is 0 Å². The van der Waals surface area contributed by atoms with Crippen molar-refractivity contribution in [1.29, 1.82) is 0 Å². The Hall–Kier alpha value is -3.29. The van der Waals surface area contributed by atoms with Gasteiger partial charge in [-0.2, -0.15) is 0 Å². The molecular weight excluding hydrogens is 349 g/mol. The van der Waals surface area contributed by atoms with E-state index in [1.165, 1.54) is 18.2 Å². The maximum Gasteiger partial charge on any atom is 0.254 e. The van der Waals surface area contributed by atoms with Crippen LogP contribution in [-0.2, 0) is 4.79 Å². The summed E-state index contributed by atoms with van der Waals surface area (Å²) in [5.74, 6) is -0.742. The predicted octanol–water partition coefficient (Wildman–Crippen LogP) is 1.96. The molecule has 7 nitrogen and oxygen atoms in total. The molecule has 1 aliphatic heterocycles. The van der Waals surface area contributed by atoms with Crippen molar-refractivity contribution in [2.24, 2.45) is 0 Å². The fourth-order valence-corrected chi connectivity index (χ4v) is 3.42. The minimum Gasteiger partial charge on any atom is -0.343 e. The minimum absolute atomic E-state index is 0.0771. The number of amides is 2. The molecule has 0 aliphatic carbocycles. The van der Waals surface area contributed by atoms with Gasteiger partial charge in [-0.05, 0) is 37.1 Å². The van der Waals surface area contributed by atoms with Crippen molar-refractivity contribution >= 4 is 17.5 Å². The first-order valence-electron chi connectivity index (χ1n) is 8.77. The van der Waals surface area contributed by atoms with Gasteiger partial charge in [-0.3, -0.25) is 14.0 Å². The second-order valence-corrected chi connectivity index (χ2v) is 6.39. The van der Waals surface area contributed by atoms with Crippen molar-refractivity contribution < 1.29 is 14.0 Å². The molecule has 0 radical (unpaired) electrons. The van der Waals surface area contributed by atoms with Crippen LogP contribution in [0, 0.1) is 5.82 Å². The van der Waals surface area contributed by atoms with Crippen LogP contribution in [-0.4, -0.2) is 44.4 Å². The van der Waals surface area contributed by atoms with Crippen molar-refractivity contribution in [2.45, 2.75) is 18.9 Å². The predicted molar refractivity (Wildman–Crippen MR) is 95.4 cm³/mol. The number of halogens is 1. The van der Waals surface area contributed by atoms with Crippen LogP contribution >= 0.6 is 0 Å². The molecule has 1 aliphatic rings. The van der Waals surface area contributed by atoms with E-state index in [-0.39, 0.29) is 24.1 Å². The Kier molecular flexibility index (Phi) is 4.53. The summed E-state index contributed by atoms with van der Waals surface area (Å²) in [6.07, 6.45) is 3.49. The molecule has 4 rings (SSSR count). The quantitative estimate of drug-likeness (QED) is 0.765. The molecule has 1 aromatic carbocycles. The van der Waals surface area contributed by atoms with Gasteiger partial charge in [0.15, 0.2) is 11.5 Å². The lowest BCUT2D eigenvalue weighted by Crippen LogP contribution is -2.40. The van der Waals surface area contributed by atoms with Gasteiger partial charge in [-0.1, -0.05) is 18.2 Å². The molecule has 138 valence electrons. The number of carbonyl (C=O) groups excluding carboxylic acids is 2. The van der Waals surface area contributed by atoms with Crippen LogP contribution in [0.2, 0.25) is 0 Å². The Morgan fingerprint density at radius 3 is 2.81 bits per heavy atom. The molecular formula is C19H18FN5O2. The lowest BCUT2D eigenvalue weighted by Gasteiger charge is -2.23. The Morgan fingerprint density at radius 2 is 1.96 bits per heavy atom. The van der Waals surface area contributed by atoms with Crippen molar-refractivity contribution in [3.05, 3.63) is 65.9 Å². The summed E-state index contributed by atoms with van der Waals surface area (Å²) in [5, 5.41) is 10.9. The zero-order valence-corrected chi connectivity index (χ0v) is 14.5. The Bertz CT molecular complexity index is 1000. The summed E-state index contributed by atoms with van der Waals surface area (Å²) in [5.41, 5.74) is 0.645. The van der Waals surface area contributed by atoms with E-state index >= 15 is 0 Å². The van der Waals surface area contributed by atoms with Crippen molar-refractivity contribution in [3.63, 3.8) is 0 Å². The molecule has 2 amide bonds. The van der Waals surface area contributed by atoms with Gasteiger partial charge in [-0.25, -0.2) is 4.39 Å². The highest BCUT2D eigenvalue weighted by Crippen LogP contribution is 2.30. The third-order valence-electron chi connectivity index (χ3n) is 4.73. The number of nitrogens with one attached hydrogen (secondary N) is 1. The summed E-state index contributed by atoms with van der Waals surface area (Å²) in [6, 6.07) is 11.1. The third kappa shape index (κ3) is 3.25. The van der Waals surface area contributed by atoms with Crippen LogP contribution in [0.25, 0.3) is 5.65 Å². The van der Waals surface area contributed by atoms with Crippen LogP contribution < -0.4 is 5.32 Å².